The van der Waals surface area contributed by atoms with Crippen LogP contribution in [0.2, 0.25) is 0 Å². The van der Waals surface area contributed by atoms with Crippen molar-refractivity contribution in [3.05, 3.63) is 48.0 Å². The predicted octanol–water partition coefficient (Wildman–Crippen LogP) is 3.77. The van der Waals surface area contributed by atoms with Crippen molar-refractivity contribution < 1.29 is 14.3 Å². The van der Waals surface area contributed by atoms with E-state index in [0.29, 0.717) is 31.7 Å². The van der Waals surface area contributed by atoms with E-state index in [1.165, 1.54) is 0 Å². The molecule has 0 saturated carbocycles. The summed E-state index contributed by atoms with van der Waals surface area (Å²) in [7, 11) is 0. The van der Waals surface area contributed by atoms with Gasteiger partial charge in [0, 0.05) is 17.8 Å². The van der Waals surface area contributed by atoms with Crippen LogP contribution in [0.25, 0.3) is 0 Å². The zero-order valence-electron chi connectivity index (χ0n) is 14.2. The molecule has 0 spiro atoms. The summed E-state index contributed by atoms with van der Waals surface area (Å²) in [6.45, 7) is 5.00. The monoisotopic (exact) mass is 328 g/mol. The van der Waals surface area contributed by atoms with Gasteiger partial charge in [0.15, 0.2) is 0 Å². The number of nitrogens with two attached hydrogens (primary N) is 1. The molecule has 5 heteroatoms. The van der Waals surface area contributed by atoms with Crippen molar-refractivity contribution in [2.45, 2.75) is 26.7 Å². The van der Waals surface area contributed by atoms with Crippen LogP contribution in [0.5, 0.6) is 11.5 Å². The van der Waals surface area contributed by atoms with E-state index < -0.39 is 0 Å². The normalized spacial score (nSPS) is 10.2. The lowest BCUT2D eigenvalue weighted by molar-refractivity contribution is -0.116. The summed E-state index contributed by atoms with van der Waals surface area (Å²) in [6.07, 6.45) is 1.03. The van der Waals surface area contributed by atoms with Gasteiger partial charge in [-0.25, -0.2) is 0 Å². The number of benzene rings is 2. The van der Waals surface area contributed by atoms with Crippen LogP contribution in [0.4, 0.5) is 11.4 Å². The third-order valence-corrected chi connectivity index (χ3v) is 3.49. The summed E-state index contributed by atoms with van der Waals surface area (Å²) in [5.41, 5.74) is 8.12. The van der Waals surface area contributed by atoms with Crippen molar-refractivity contribution in [1.29, 1.82) is 0 Å². The smallest absolute Gasteiger partial charge is 0.224 e. The topological polar surface area (TPSA) is 73.6 Å². The lowest BCUT2D eigenvalue weighted by Crippen LogP contribution is -2.13. The van der Waals surface area contributed by atoms with Crippen LogP contribution >= 0.6 is 0 Å². The number of carbonyl (C=O) groups is 1. The molecule has 1 amide bonds. The molecule has 0 heterocycles. The Morgan fingerprint density at radius 1 is 1.08 bits per heavy atom. The van der Waals surface area contributed by atoms with Crippen LogP contribution in [0.3, 0.4) is 0 Å². The lowest BCUT2D eigenvalue weighted by Gasteiger charge is -2.10. The average Bonchev–Trinajstić information content (AvgIpc) is 2.57. The molecule has 0 fully saturated rings. The Balaban J connectivity index is 1.71. The molecule has 2 rings (SSSR count). The van der Waals surface area contributed by atoms with E-state index in [2.05, 4.69) is 5.32 Å². The van der Waals surface area contributed by atoms with Crippen molar-refractivity contribution in [3.63, 3.8) is 0 Å². The second kappa shape index (κ2) is 8.82. The van der Waals surface area contributed by atoms with Gasteiger partial charge in [0.2, 0.25) is 5.91 Å². The Labute approximate surface area is 142 Å². The van der Waals surface area contributed by atoms with Gasteiger partial charge in [0.05, 0.1) is 13.2 Å². The molecule has 0 aromatic heterocycles. The number of hydrogen-bond acceptors (Lipinski definition) is 4. The van der Waals surface area contributed by atoms with Gasteiger partial charge in [0.25, 0.3) is 0 Å². The lowest BCUT2D eigenvalue weighted by atomic mass is 10.1. The highest BCUT2D eigenvalue weighted by molar-refractivity contribution is 5.91. The third-order valence-electron chi connectivity index (χ3n) is 3.49. The van der Waals surface area contributed by atoms with Gasteiger partial charge in [0.1, 0.15) is 11.5 Å². The Morgan fingerprint density at radius 3 is 2.42 bits per heavy atom. The van der Waals surface area contributed by atoms with E-state index in [1.807, 2.05) is 50.2 Å². The second-order valence-corrected chi connectivity index (χ2v) is 5.48. The predicted molar refractivity (Wildman–Crippen MR) is 96.6 cm³/mol. The molecular formula is C19H24N2O3. The molecule has 0 bridgehead atoms. The highest BCUT2D eigenvalue weighted by atomic mass is 16.5. The van der Waals surface area contributed by atoms with Crippen LogP contribution in [-0.2, 0) is 4.79 Å². The SMILES string of the molecule is CCOc1ccc(OCCCC(=O)Nc2cc(N)ccc2C)cc1. The number of ether oxygens (including phenoxy) is 2. The van der Waals surface area contributed by atoms with E-state index in [1.54, 1.807) is 6.07 Å². The van der Waals surface area contributed by atoms with Crippen molar-refractivity contribution in [2.24, 2.45) is 0 Å². The van der Waals surface area contributed by atoms with E-state index in [9.17, 15) is 4.79 Å². The first-order chi connectivity index (χ1) is 11.6. The summed E-state index contributed by atoms with van der Waals surface area (Å²) in [5.74, 6) is 1.55. The van der Waals surface area contributed by atoms with Crippen LogP contribution in [-0.4, -0.2) is 19.1 Å². The molecule has 0 radical (unpaired) electrons. The Bertz CT molecular complexity index is 669. The molecular weight excluding hydrogens is 304 g/mol. The number of carbonyl (C=O) groups excluding carboxylic acids is 1. The molecule has 0 saturated heterocycles. The van der Waals surface area contributed by atoms with Crippen LogP contribution in [0.1, 0.15) is 25.3 Å². The van der Waals surface area contributed by atoms with E-state index >= 15 is 0 Å². The number of nitrogens with one attached hydrogen (secondary N) is 1. The van der Waals surface area contributed by atoms with Gasteiger partial charge >= 0.3 is 0 Å². The van der Waals surface area contributed by atoms with Crippen molar-refractivity contribution in [1.82, 2.24) is 0 Å². The maximum absolute atomic E-state index is 12.0. The van der Waals surface area contributed by atoms with E-state index in [4.69, 9.17) is 15.2 Å². The highest BCUT2D eigenvalue weighted by Crippen LogP contribution is 2.19. The second-order valence-electron chi connectivity index (χ2n) is 5.48. The van der Waals surface area contributed by atoms with Gasteiger partial charge in [-0.3, -0.25) is 4.79 Å². The maximum Gasteiger partial charge on any atom is 0.224 e. The highest BCUT2D eigenvalue weighted by Gasteiger charge is 2.05. The number of amides is 1. The fourth-order valence-electron chi connectivity index (χ4n) is 2.21. The van der Waals surface area contributed by atoms with Crippen LogP contribution in [0, 0.1) is 6.92 Å². The molecule has 128 valence electrons. The molecule has 0 atom stereocenters. The summed E-state index contributed by atoms with van der Waals surface area (Å²) in [5, 5.41) is 2.88. The van der Waals surface area contributed by atoms with Crippen LogP contribution < -0.4 is 20.5 Å². The fraction of sp³-hybridized carbons (Fsp3) is 0.316. The minimum atomic E-state index is -0.0426. The minimum Gasteiger partial charge on any atom is -0.494 e. The zero-order valence-corrected chi connectivity index (χ0v) is 14.2. The summed E-state index contributed by atoms with van der Waals surface area (Å²) in [4.78, 5) is 12.0. The molecule has 5 nitrogen and oxygen atoms in total. The zero-order chi connectivity index (χ0) is 17.4. The molecule has 2 aromatic rings. The van der Waals surface area contributed by atoms with Crippen LogP contribution in [0.15, 0.2) is 42.5 Å². The summed E-state index contributed by atoms with van der Waals surface area (Å²) in [6, 6.07) is 12.9. The molecule has 2 aromatic carbocycles. The number of aryl methyl sites for hydroxylation is 1. The average molecular weight is 328 g/mol. The molecule has 0 aliphatic carbocycles. The summed E-state index contributed by atoms with van der Waals surface area (Å²) >= 11 is 0. The standard InChI is InChI=1S/C19H24N2O3/c1-3-23-16-8-10-17(11-9-16)24-12-4-5-19(22)21-18-13-15(20)7-6-14(18)2/h6-11,13H,3-5,12,20H2,1-2H3,(H,21,22). The Hall–Kier alpha value is -2.69. The van der Waals surface area contributed by atoms with Crippen molar-refractivity contribution in [2.75, 3.05) is 24.3 Å². The van der Waals surface area contributed by atoms with E-state index in [-0.39, 0.29) is 5.91 Å². The largest absolute Gasteiger partial charge is 0.494 e. The molecule has 0 unspecified atom stereocenters. The first kappa shape index (κ1) is 17.7. The van der Waals surface area contributed by atoms with E-state index in [0.717, 1.165) is 22.7 Å². The molecule has 0 aliphatic rings. The Morgan fingerprint density at radius 2 is 1.75 bits per heavy atom. The van der Waals surface area contributed by atoms with Gasteiger partial charge in [-0.2, -0.15) is 0 Å². The molecule has 3 N–H and O–H groups in total. The third kappa shape index (κ3) is 5.50. The summed E-state index contributed by atoms with van der Waals surface area (Å²) < 4.78 is 11.0. The fourth-order valence-corrected chi connectivity index (χ4v) is 2.21. The molecule has 24 heavy (non-hydrogen) atoms. The maximum atomic E-state index is 12.0. The van der Waals surface area contributed by atoms with Gasteiger partial charge < -0.3 is 20.5 Å². The minimum absolute atomic E-state index is 0.0426. The number of rotatable bonds is 8. The quantitative estimate of drug-likeness (QED) is 0.571. The molecule has 0 aliphatic heterocycles. The number of hydrogen-bond donors (Lipinski definition) is 2. The van der Waals surface area contributed by atoms with Gasteiger partial charge in [-0.15, -0.1) is 0 Å². The number of anilines is 2. The Kier molecular flexibility index (Phi) is 6.49. The van der Waals surface area contributed by atoms with Gasteiger partial charge in [-0.05, 0) is 62.2 Å². The van der Waals surface area contributed by atoms with Crippen molar-refractivity contribution in [3.8, 4) is 11.5 Å². The number of nitrogen functional groups attached to an aromatic ring is 1. The van der Waals surface area contributed by atoms with Gasteiger partial charge in [-0.1, -0.05) is 6.07 Å². The van der Waals surface area contributed by atoms with Crippen molar-refractivity contribution >= 4 is 17.3 Å². The first-order valence-corrected chi connectivity index (χ1v) is 8.10. The first-order valence-electron chi connectivity index (χ1n) is 8.10.